The summed E-state index contributed by atoms with van der Waals surface area (Å²) in [6.45, 7) is 0.348. The molecule has 2 unspecified atom stereocenters. The quantitative estimate of drug-likeness (QED) is 0.669. The minimum absolute atomic E-state index is 0.343. The number of benzene rings is 2. The zero-order valence-corrected chi connectivity index (χ0v) is 16.5. The number of carbonyl (C=O) groups is 2. The van der Waals surface area contributed by atoms with Crippen molar-refractivity contribution in [2.75, 3.05) is 12.0 Å². The van der Waals surface area contributed by atoms with Crippen molar-refractivity contribution in [1.29, 1.82) is 0 Å². The van der Waals surface area contributed by atoms with Gasteiger partial charge in [0.15, 0.2) is 12.1 Å². The molecule has 4 rings (SSSR count). The van der Waals surface area contributed by atoms with E-state index in [2.05, 4.69) is 26.3 Å². The number of halogens is 2. The number of nitrogens with zero attached hydrogens (tertiary/aromatic N) is 4. The average Bonchev–Trinajstić information content (AvgIpc) is 3.17. The smallest absolute Gasteiger partial charge is 0.263 e. The van der Waals surface area contributed by atoms with Crippen LogP contribution in [0.5, 0.6) is 5.75 Å². The molecule has 27 heavy (non-hydrogen) atoms. The van der Waals surface area contributed by atoms with E-state index in [4.69, 9.17) is 16.3 Å². The fourth-order valence-corrected chi connectivity index (χ4v) is 3.91. The first-order valence-electron chi connectivity index (χ1n) is 8.13. The summed E-state index contributed by atoms with van der Waals surface area (Å²) >= 11 is 9.33. The second kappa shape index (κ2) is 6.94. The van der Waals surface area contributed by atoms with Gasteiger partial charge in [0.05, 0.1) is 23.8 Å². The van der Waals surface area contributed by atoms with E-state index in [9.17, 15) is 9.59 Å². The van der Waals surface area contributed by atoms with Crippen molar-refractivity contribution in [3.8, 4) is 5.75 Å². The fourth-order valence-electron chi connectivity index (χ4n) is 3.19. The Kier molecular flexibility index (Phi) is 4.61. The Morgan fingerprint density at radius 3 is 2.56 bits per heavy atom. The molecule has 2 heterocycles. The molecule has 7 nitrogen and oxygen atoms in total. The molecule has 1 fully saturated rings. The van der Waals surface area contributed by atoms with Crippen LogP contribution in [0.1, 0.15) is 5.56 Å². The second-order valence-electron chi connectivity index (χ2n) is 6.15. The van der Waals surface area contributed by atoms with Crippen molar-refractivity contribution in [1.82, 2.24) is 5.01 Å². The van der Waals surface area contributed by atoms with E-state index in [1.165, 1.54) is 0 Å². The lowest BCUT2D eigenvalue weighted by Gasteiger charge is -2.21. The van der Waals surface area contributed by atoms with E-state index >= 15 is 0 Å². The minimum Gasteiger partial charge on any atom is -0.496 e. The van der Waals surface area contributed by atoms with Crippen LogP contribution in [0.2, 0.25) is 5.02 Å². The summed E-state index contributed by atoms with van der Waals surface area (Å²) in [4.78, 5) is 26.8. The highest BCUT2D eigenvalue weighted by atomic mass is 79.9. The largest absolute Gasteiger partial charge is 0.496 e. The standard InChI is InChI=1S/C18H14BrClN4O3/c1-27-14-7-2-10(8-13(14)19)9-23-16-15(21-22-23)17(25)24(18(16)26)12-5-3-11(20)4-6-12/h2-8,15-16H,9H2,1H3. The summed E-state index contributed by atoms with van der Waals surface area (Å²) in [6.07, 6.45) is 0. The van der Waals surface area contributed by atoms with Gasteiger partial charge in [-0.3, -0.25) is 14.6 Å². The van der Waals surface area contributed by atoms with Crippen molar-refractivity contribution < 1.29 is 14.3 Å². The van der Waals surface area contributed by atoms with Gasteiger partial charge in [0.2, 0.25) is 0 Å². The monoisotopic (exact) mass is 448 g/mol. The van der Waals surface area contributed by atoms with Crippen molar-refractivity contribution in [2.45, 2.75) is 18.6 Å². The minimum atomic E-state index is -0.824. The van der Waals surface area contributed by atoms with E-state index in [1.807, 2.05) is 18.2 Å². The van der Waals surface area contributed by atoms with Gasteiger partial charge in [0, 0.05) is 5.02 Å². The lowest BCUT2D eigenvalue weighted by Crippen LogP contribution is -2.39. The van der Waals surface area contributed by atoms with Gasteiger partial charge in [0.25, 0.3) is 11.8 Å². The summed E-state index contributed by atoms with van der Waals surface area (Å²) in [5.74, 6) is -0.0138. The number of anilines is 1. The fraction of sp³-hybridized carbons (Fsp3) is 0.222. The Bertz CT molecular complexity index is 950. The first-order chi connectivity index (χ1) is 13.0. The highest BCUT2D eigenvalue weighted by Gasteiger charge is 2.54. The molecule has 0 aliphatic carbocycles. The van der Waals surface area contributed by atoms with E-state index < -0.39 is 12.1 Å². The Hall–Kier alpha value is -2.45. The molecule has 0 N–H and O–H groups in total. The molecule has 138 valence electrons. The van der Waals surface area contributed by atoms with E-state index in [1.54, 1.807) is 36.4 Å². The molecule has 2 aliphatic heterocycles. The van der Waals surface area contributed by atoms with Gasteiger partial charge in [-0.2, -0.15) is 5.11 Å². The van der Waals surface area contributed by atoms with E-state index in [0.29, 0.717) is 23.0 Å². The van der Waals surface area contributed by atoms with Gasteiger partial charge in [-0.1, -0.05) is 22.9 Å². The second-order valence-corrected chi connectivity index (χ2v) is 7.44. The first-order valence-corrected chi connectivity index (χ1v) is 9.30. The van der Waals surface area contributed by atoms with Gasteiger partial charge in [-0.15, -0.1) is 0 Å². The Morgan fingerprint density at radius 1 is 1.15 bits per heavy atom. The maximum absolute atomic E-state index is 12.9. The van der Waals surface area contributed by atoms with Gasteiger partial charge in [0.1, 0.15) is 5.75 Å². The number of hydrogen-bond donors (Lipinski definition) is 0. The van der Waals surface area contributed by atoms with Gasteiger partial charge >= 0.3 is 0 Å². The number of amides is 2. The molecule has 0 aromatic heterocycles. The lowest BCUT2D eigenvalue weighted by molar-refractivity contribution is -0.123. The summed E-state index contributed by atoms with van der Waals surface area (Å²) in [7, 11) is 1.59. The SMILES string of the molecule is COc1ccc(CN2N=NC3C(=O)N(c4ccc(Cl)cc4)C(=O)C32)cc1Br. The Labute approximate surface area is 168 Å². The number of imide groups is 1. The van der Waals surface area contributed by atoms with Crippen LogP contribution in [0, 0.1) is 0 Å². The zero-order chi connectivity index (χ0) is 19.1. The predicted octanol–water partition coefficient (Wildman–Crippen LogP) is 3.60. The predicted molar refractivity (Wildman–Crippen MR) is 103 cm³/mol. The van der Waals surface area contributed by atoms with Gasteiger partial charge in [-0.05, 0) is 57.9 Å². The summed E-state index contributed by atoms with van der Waals surface area (Å²) < 4.78 is 6.02. The Balaban J connectivity index is 1.58. The van der Waals surface area contributed by atoms with Crippen LogP contribution in [0.3, 0.4) is 0 Å². The third-order valence-electron chi connectivity index (χ3n) is 4.50. The molecule has 0 spiro atoms. The third kappa shape index (κ3) is 3.08. The molecule has 2 amide bonds. The molecule has 2 aromatic rings. The highest BCUT2D eigenvalue weighted by Crippen LogP contribution is 2.34. The number of rotatable bonds is 4. The van der Waals surface area contributed by atoms with Crippen LogP contribution in [-0.2, 0) is 16.1 Å². The van der Waals surface area contributed by atoms with E-state index in [0.717, 1.165) is 14.9 Å². The van der Waals surface area contributed by atoms with Crippen LogP contribution < -0.4 is 9.64 Å². The Morgan fingerprint density at radius 2 is 1.89 bits per heavy atom. The van der Waals surface area contributed by atoms with Crippen molar-refractivity contribution >= 4 is 45.0 Å². The highest BCUT2D eigenvalue weighted by molar-refractivity contribution is 9.10. The first kappa shape index (κ1) is 17.9. The lowest BCUT2D eigenvalue weighted by atomic mass is 10.1. The normalized spacial score (nSPS) is 21.1. The van der Waals surface area contributed by atoms with Crippen LogP contribution in [0.15, 0.2) is 57.3 Å². The third-order valence-corrected chi connectivity index (χ3v) is 5.38. The summed E-state index contributed by atoms with van der Waals surface area (Å²) in [5.41, 5.74) is 1.39. The van der Waals surface area contributed by atoms with Crippen LogP contribution in [-0.4, -0.2) is 36.0 Å². The molecule has 2 aliphatic rings. The topological polar surface area (TPSA) is 74.6 Å². The number of fused-ring (bicyclic) bond motifs is 1. The van der Waals surface area contributed by atoms with Gasteiger partial charge < -0.3 is 4.74 Å². The summed E-state index contributed by atoms with van der Waals surface area (Å²) in [6, 6.07) is 10.6. The summed E-state index contributed by atoms with van der Waals surface area (Å²) in [5, 5.41) is 10.2. The van der Waals surface area contributed by atoms with Crippen LogP contribution in [0.25, 0.3) is 0 Å². The van der Waals surface area contributed by atoms with Crippen molar-refractivity contribution in [3.05, 3.63) is 57.5 Å². The average molecular weight is 450 g/mol. The number of ether oxygens (including phenoxy) is 1. The molecular weight excluding hydrogens is 436 g/mol. The number of hydrogen-bond acceptors (Lipinski definition) is 6. The molecular formula is C18H14BrClN4O3. The number of methoxy groups -OCH3 is 1. The van der Waals surface area contributed by atoms with E-state index in [-0.39, 0.29) is 11.8 Å². The van der Waals surface area contributed by atoms with Crippen molar-refractivity contribution in [3.63, 3.8) is 0 Å². The molecule has 2 aromatic carbocycles. The number of carbonyl (C=O) groups excluding carboxylic acids is 2. The van der Waals surface area contributed by atoms with Crippen LogP contribution >= 0.6 is 27.5 Å². The van der Waals surface area contributed by atoms with Gasteiger partial charge in [-0.25, -0.2) is 4.90 Å². The molecule has 0 saturated carbocycles. The maximum atomic E-state index is 12.9. The maximum Gasteiger partial charge on any atom is 0.263 e. The molecule has 9 heteroatoms. The molecule has 0 radical (unpaired) electrons. The van der Waals surface area contributed by atoms with Crippen LogP contribution in [0.4, 0.5) is 5.69 Å². The molecule has 1 saturated heterocycles. The van der Waals surface area contributed by atoms with Crippen molar-refractivity contribution in [2.24, 2.45) is 10.3 Å². The molecule has 0 bridgehead atoms. The molecule has 2 atom stereocenters. The zero-order valence-electron chi connectivity index (χ0n) is 14.2.